The van der Waals surface area contributed by atoms with Crippen molar-refractivity contribution in [2.45, 2.75) is 5.16 Å². The minimum Gasteiger partial charge on any atom is -0.476 e. The molecule has 0 saturated heterocycles. The first-order valence-electron chi connectivity index (χ1n) is 7.64. The average molecular weight is 422 g/mol. The second-order valence-electron chi connectivity index (χ2n) is 5.35. The summed E-state index contributed by atoms with van der Waals surface area (Å²) in [5, 5.41) is 13.2. The van der Waals surface area contributed by atoms with Crippen LogP contribution in [0.4, 0.5) is 5.82 Å². The topological polar surface area (TPSA) is 84.2 Å². The Morgan fingerprint density at radius 3 is 2.41 bits per heavy atom. The van der Waals surface area contributed by atoms with Crippen molar-refractivity contribution in [3.63, 3.8) is 0 Å². The van der Waals surface area contributed by atoms with E-state index in [4.69, 9.17) is 23.2 Å². The Labute approximate surface area is 169 Å². The number of nitrogens with one attached hydrogen (secondary N) is 1. The van der Waals surface area contributed by atoms with Gasteiger partial charge < -0.3 is 10.4 Å². The number of rotatable bonds is 5. The number of hydrogen-bond donors (Lipinski definition) is 2. The molecule has 27 heavy (non-hydrogen) atoms. The molecule has 3 aromatic rings. The molecule has 0 atom stereocenters. The van der Waals surface area contributed by atoms with Gasteiger partial charge in [0.2, 0.25) is 0 Å². The number of benzene rings is 2. The number of hydrogen-bond acceptors (Lipinski definition) is 4. The quantitative estimate of drug-likeness (QED) is 0.575. The van der Waals surface area contributed by atoms with Crippen LogP contribution in [0.25, 0.3) is 5.69 Å². The lowest BCUT2D eigenvalue weighted by atomic mass is 10.2. The number of imidazole rings is 1. The maximum atomic E-state index is 12.5. The Morgan fingerprint density at radius 2 is 1.81 bits per heavy atom. The molecule has 1 heterocycles. The molecule has 3 rings (SSSR count). The number of carboxylic acids is 1. The molecule has 0 spiro atoms. The first-order chi connectivity index (χ1) is 12.9. The lowest BCUT2D eigenvalue weighted by Gasteiger charge is -2.09. The van der Waals surface area contributed by atoms with Crippen LogP contribution in [0.15, 0.2) is 53.7 Å². The van der Waals surface area contributed by atoms with E-state index in [0.29, 0.717) is 15.9 Å². The van der Waals surface area contributed by atoms with Gasteiger partial charge in [0, 0.05) is 11.3 Å². The lowest BCUT2D eigenvalue weighted by molar-refractivity contribution is 0.0688. The summed E-state index contributed by atoms with van der Waals surface area (Å²) in [6.07, 6.45) is 1.78. The number of carbonyl (C=O) groups is 2. The van der Waals surface area contributed by atoms with Crippen LogP contribution in [0.5, 0.6) is 0 Å². The number of para-hydroxylation sites is 1. The number of carbonyl (C=O) groups excluding carboxylic acids is 1. The molecule has 0 saturated carbocycles. The van der Waals surface area contributed by atoms with E-state index in [1.54, 1.807) is 30.5 Å². The van der Waals surface area contributed by atoms with Gasteiger partial charge in [-0.25, -0.2) is 9.78 Å². The predicted octanol–water partition coefficient (Wildman–Crippen LogP) is 4.85. The number of aromatic nitrogens is 2. The molecule has 1 amide bonds. The third-order valence-electron chi connectivity index (χ3n) is 3.66. The van der Waals surface area contributed by atoms with Crippen LogP contribution in [0.2, 0.25) is 10.0 Å². The predicted molar refractivity (Wildman–Crippen MR) is 107 cm³/mol. The van der Waals surface area contributed by atoms with Crippen LogP contribution in [-0.2, 0) is 0 Å². The van der Waals surface area contributed by atoms with Crippen LogP contribution in [-0.4, -0.2) is 32.8 Å². The summed E-state index contributed by atoms with van der Waals surface area (Å²) in [4.78, 5) is 28.7. The Hall–Kier alpha value is -2.48. The Kier molecular flexibility index (Phi) is 5.74. The molecule has 0 aliphatic carbocycles. The average Bonchev–Trinajstić information content (AvgIpc) is 3.03. The molecule has 1 aromatic heterocycles. The van der Waals surface area contributed by atoms with Crippen molar-refractivity contribution in [2.75, 3.05) is 11.6 Å². The van der Waals surface area contributed by atoms with E-state index >= 15 is 0 Å². The highest BCUT2D eigenvalue weighted by Gasteiger charge is 2.25. The number of carboxylic acid groups (broad SMARTS) is 1. The highest BCUT2D eigenvalue weighted by Crippen LogP contribution is 2.29. The maximum absolute atomic E-state index is 12.5. The smallest absolute Gasteiger partial charge is 0.356 e. The Bertz CT molecular complexity index is 1020. The van der Waals surface area contributed by atoms with Crippen molar-refractivity contribution in [1.82, 2.24) is 9.55 Å². The van der Waals surface area contributed by atoms with Gasteiger partial charge >= 0.3 is 5.97 Å². The standard InChI is InChI=1S/C18H13Cl2N3O3S/c1-27-18-22-15(21-16(24)10-7-8-12(19)13(20)9-10)14(17(25)26)23(18)11-5-3-2-4-6-11/h2-9H,1H3,(H,21,24)(H,25,26). The van der Waals surface area contributed by atoms with Crippen molar-refractivity contribution in [2.24, 2.45) is 0 Å². The van der Waals surface area contributed by atoms with E-state index in [-0.39, 0.29) is 22.1 Å². The van der Waals surface area contributed by atoms with Crippen LogP contribution in [0.3, 0.4) is 0 Å². The summed E-state index contributed by atoms with van der Waals surface area (Å²) in [5.74, 6) is -1.80. The first-order valence-corrected chi connectivity index (χ1v) is 9.62. The summed E-state index contributed by atoms with van der Waals surface area (Å²) in [7, 11) is 0. The maximum Gasteiger partial charge on any atom is 0.356 e. The van der Waals surface area contributed by atoms with Gasteiger partial charge in [0.05, 0.1) is 10.0 Å². The highest BCUT2D eigenvalue weighted by molar-refractivity contribution is 7.98. The van der Waals surface area contributed by atoms with Crippen molar-refractivity contribution >= 4 is 52.7 Å². The SMILES string of the molecule is CSc1nc(NC(=O)c2ccc(Cl)c(Cl)c2)c(C(=O)O)n1-c1ccccc1. The zero-order valence-corrected chi connectivity index (χ0v) is 16.3. The fourth-order valence-electron chi connectivity index (χ4n) is 2.45. The number of halogens is 2. The molecule has 0 aliphatic heterocycles. The number of amides is 1. The summed E-state index contributed by atoms with van der Waals surface area (Å²) >= 11 is 13.1. The molecule has 0 radical (unpaired) electrons. The van der Waals surface area contributed by atoms with Crippen molar-refractivity contribution in [3.05, 3.63) is 69.8 Å². The zero-order chi connectivity index (χ0) is 19.6. The van der Waals surface area contributed by atoms with E-state index in [2.05, 4.69) is 10.3 Å². The van der Waals surface area contributed by atoms with Gasteiger partial charge in [-0.05, 0) is 36.6 Å². The van der Waals surface area contributed by atoms with E-state index in [9.17, 15) is 14.7 Å². The molecule has 6 nitrogen and oxygen atoms in total. The summed E-state index contributed by atoms with van der Waals surface area (Å²) < 4.78 is 1.48. The molecule has 0 fully saturated rings. The van der Waals surface area contributed by atoms with Gasteiger partial charge in [-0.1, -0.05) is 53.2 Å². The van der Waals surface area contributed by atoms with Crippen LogP contribution in [0.1, 0.15) is 20.8 Å². The number of nitrogens with zero attached hydrogens (tertiary/aromatic N) is 2. The van der Waals surface area contributed by atoms with Crippen LogP contribution >= 0.6 is 35.0 Å². The van der Waals surface area contributed by atoms with E-state index < -0.39 is 11.9 Å². The molecule has 0 aliphatic rings. The molecule has 0 bridgehead atoms. The lowest BCUT2D eigenvalue weighted by Crippen LogP contribution is -2.16. The normalized spacial score (nSPS) is 10.6. The van der Waals surface area contributed by atoms with Gasteiger partial charge in [0.15, 0.2) is 16.7 Å². The van der Waals surface area contributed by atoms with E-state index in [0.717, 1.165) is 0 Å². The van der Waals surface area contributed by atoms with Crippen LogP contribution in [0, 0.1) is 0 Å². The monoisotopic (exact) mass is 421 g/mol. The largest absolute Gasteiger partial charge is 0.476 e. The number of aromatic carboxylic acids is 1. The fraction of sp³-hybridized carbons (Fsp3) is 0.0556. The molecule has 2 aromatic carbocycles. The van der Waals surface area contributed by atoms with E-state index in [1.807, 2.05) is 6.07 Å². The second kappa shape index (κ2) is 8.04. The summed E-state index contributed by atoms with van der Waals surface area (Å²) in [6.45, 7) is 0. The van der Waals surface area contributed by atoms with Crippen molar-refractivity contribution in [3.8, 4) is 5.69 Å². The highest BCUT2D eigenvalue weighted by atomic mass is 35.5. The van der Waals surface area contributed by atoms with Gasteiger partial charge in [-0.2, -0.15) is 0 Å². The Balaban J connectivity index is 2.05. The zero-order valence-electron chi connectivity index (χ0n) is 13.9. The summed E-state index contributed by atoms with van der Waals surface area (Å²) in [6, 6.07) is 13.3. The van der Waals surface area contributed by atoms with E-state index in [1.165, 1.54) is 34.5 Å². The minimum absolute atomic E-state index is 0.0493. The number of anilines is 1. The third-order valence-corrected chi connectivity index (χ3v) is 5.04. The molecular weight excluding hydrogens is 409 g/mol. The minimum atomic E-state index is -1.21. The van der Waals surface area contributed by atoms with Gasteiger partial charge in [-0.15, -0.1) is 0 Å². The van der Waals surface area contributed by atoms with Crippen molar-refractivity contribution < 1.29 is 14.7 Å². The molecule has 2 N–H and O–H groups in total. The third kappa shape index (κ3) is 3.95. The van der Waals surface area contributed by atoms with Gasteiger partial charge in [-0.3, -0.25) is 9.36 Å². The first kappa shape index (κ1) is 19.3. The number of thioether (sulfide) groups is 1. The van der Waals surface area contributed by atoms with Gasteiger partial charge in [0.1, 0.15) is 0 Å². The Morgan fingerprint density at radius 1 is 1.11 bits per heavy atom. The molecule has 9 heteroatoms. The van der Waals surface area contributed by atoms with Gasteiger partial charge in [0.25, 0.3) is 5.91 Å². The summed E-state index contributed by atoms with van der Waals surface area (Å²) in [5.41, 5.74) is 0.724. The molecule has 138 valence electrons. The van der Waals surface area contributed by atoms with Crippen molar-refractivity contribution in [1.29, 1.82) is 0 Å². The van der Waals surface area contributed by atoms with Crippen LogP contribution < -0.4 is 5.32 Å². The fourth-order valence-corrected chi connectivity index (χ4v) is 3.31. The molecule has 0 unspecified atom stereocenters. The molecular formula is C18H13Cl2N3O3S. The second-order valence-corrected chi connectivity index (χ2v) is 6.94.